The molecule has 0 heterocycles. The minimum Gasteiger partial charge on any atom is -0.493 e. The van der Waals surface area contributed by atoms with Crippen LogP contribution in [-0.4, -0.2) is 46.6 Å². The Bertz CT molecular complexity index is 1700. The summed E-state index contributed by atoms with van der Waals surface area (Å²) in [4.78, 5) is 12.8. The van der Waals surface area contributed by atoms with Gasteiger partial charge in [0, 0.05) is 12.3 Å². The van der Waals surface area contributed by atoms with Crippen molar-refractivity contribution in [2.75, 3.05) is 46.0 Å². The summed E-state index contributed by atoms with van der Waals surface area (Å²) in [5.74, 6) is 3.57. The van der Waals surface area contributed by atoms with Crippen LogP contribution in [0.3, 0.4) is 0 Å². The van der Waals surface area contributed by atoms with E-state index < -0.39 is 0 Å². The first kappa shape index (κ1) is 38.7. The number of carbonyl (C=O) groups is 1. The summed E-state index contributed by atoms with van der Waals surface area (Å²) in [6.07, 6.45) is 12.5. The minimum absolute atomic E-state index is 0.207. The number of anilines is 1. The Morgan fingerprint density at radius 1 is 0.500 bits per heavy atom. The molecule has 0 spiro atoms. The second-order valence-electron chi connectivity index (χ2n) is 13.0. The van der Waals surface area contributed by atoms with Gasteiger partial charge in [0.25, 0.3) is 0 Å². The number of nitrogens with one attached hydrogen (secondary N) is 1. The van der Waals surface area contributed by atoms with Crippen LogP contribution >= 0.6 is 0 Å². The fraction of sp³-hybridized carbons (Fsp3) is 0.548. The van der Waals surface area contributed by atoms with E-state index in [4.69, 9.17) is 28.4 Å². The molecule has 8 nitrogen and oxygen atoms in total. The van der Waals surface area contributed by atoms with Gasteiger partial charge in [-0.3, -0.25) is 4.79 Å². The second-order valence-corrected chi connectivity index (χ2v) is 13.0. The normalized spacial score (nSPS) is 11.3. The van der Waals surface area contributed by atoms with Crippen molar-refractivity contribution in [3.8, 4) is 34.5 Å². The van der Waals surface area contributed by atoms with Gasteiger partial charge < -0.3 is 33.7 Å². The molecular formula is C42H59NO7. The molecule has 4 rings (SSSR count). The molecule has 0 unspecified atom stereocenters. The van der Waals surface area contributed by atoms with E-state index in [0.29, 0.717) is 66.6 Å². The lowest BCUT2D eigenvalue weighted by atomic mass is 9.91. The van der Waals surface area contributed by atoms with Gasteiger partial charge in [-0.15, -0.1) is 0 Å². The van der Waals surface area contributed by atoms with E-state index in [0.717, 1.165) is 109 Å². The fourth-order valence-electron chi connectivity index (χ4n) is 6.37. The number of benzene rings is 4. The summed E-state index contributed by atoms with van der Waals surface area (Å²) < 4.78 is 37.6. The summed E-state index contributed by atoms with van der Waals surface area (Å²) in [6, 6.07) is 10.3. The Hall–Kier alpha value is -4.07. The third kappa shape index (κ3) is 9.58. The molecule has 1 N–H and O–H groups in total. The van der Waals surface area contributed by atoms with E-state index in [1.807, 2.05) is 12.1 Å². The molecule has 0 atom stereocenters. The zero-order valence-corrected chi connectivity index (χ0v) is 31.6. The van der Waals surface area contributed by atoms with E-state index in [9.17, 15) is 4.79 Å². The predicted octanol–water partition coefficient (Wildman–Crippen LogP) is 11.4. The molecule has 4 aromatic rings. The standard InChI is InChI=1S/C42H59NO7/c1-8-12-16-20-47-36-25-30-31(24-35(36)45-6)34-28-39(50-23-19-15-11-4)42(46-7)41(43-29(5)44)40(34)33-27-38(49-22-18-14-10-3)37(26-32(30)33)48-21-17-13-9-2/h24-28H,8-23H2,1-7H3,(H,43,44). The van der Waals surface area contributed by atoms with Gasteiger partial charge in [-0.05, 0) is 82.9 Å². The summed E-state index contributed by atoms with van der Waals surface area (Å²) in [7, 11) is 3.28. The average Bonchev–Trinajstić information content (AvgIpc) is 3.11. The van der Waals surface area contributed by atoms with E-state index >= 15 is 0 Å². The molecule has 0 fully saturated rings. The van der Waals surface area contributed by atoms with Crippen LogP contribution in [0.15, 0.2) is 30.3 Å². The first-order chi connectivity index (χ1) is 24.4. The minimum atomic E-state index is -0.207. The van der Waals surface area contributed by atoms with Crippen LogP contribution in [0.2, 0.25) is 0 Å². The topological polar surface area (TPSA) is 84.5 Å². The molecule has 50 heavy (non-hydrogen) atoms. The molecule has 0 bridgehead atoms. The van der Waals surface area contributed by atoms with E-state index in [1.165, 1.54) is 6.92 Å². The highest BCUT2D eigenvalue weighted by Crippen LogP contribution is 2.51. The lowest BCUT2D eigenvalue weighted by Gasteiger charge is -2.22. The van der Waals surface area contributed by atoms with Gasteiger partial charge in [0.15, 0.2) is 34.5 Å². The molecule has 0 aliphatic heterocycles. The van der Waals surface area contributed by atoms with Gasteiger partial charge in [-0.25, -0.2) is 0 Å². The monoisotopic (exact) mass is 689 g/mol. The number of hydrogen-bond acceptors (Lipinski definition) is 7. The van der Waals surface area contributed by atoms with Crippen LogP contribution in [0.1, 0.15) is 112 Å². The number of unbranched alkanes of at least 4 members (excludes halogenated alkanes) is 8. The molecule has 8 heteroatoms. The van der Waals surface area contributed by atoms with Gasteiger partial charge in [0.1, 0.15) is 0 Å². The molecule has 4 aromatic carbocycles. The molecule has 1 amide bonds. The van der Waals surface area contributed by atoms with E-state index in [-0.39, 0.29) is 5.91 Å². The molecule has 0 aromatic heterocycles. The van der Waals surface area contributed by atoms with Crippen molar-refractivity contribution in [1.82, 2.24) is 0 Å². The van der Waals surface area contributed by atoms with Crippen molar-refractivity contribution in [2.24, 2.45) is 0 Å². The number of amides is 1. The molecule has 0 aliphatic carbocycles. The van der Waals surface area contributed by atoms with Crippen LogP contribution in [0.4, 0.5) is 5.69 Å². The van der Waals surface area contributed by atoms with Crippen LogP contribution in [0.25, 0.3) is 32.3 Å². The maximum Gasteiger partial charge on any atom is 0.221 e. The number of carbonyl (C=O) groups excluding carboxylic acids is 1. The van der Waals surface area contributed by atoms with Crippen molar-refractivity contribution in [2.45, 2.75) is 112 Å². The van der Waals surface area contributed by atoms with Gasteiger partial charge in [-0.2, -0.15) is 0 Å². The van der Waals surface area contributed by atoms with Crippen molar-refractivity contribution < 1.29 is 33.2 Å². The number of methoxy groups -OCH3 is 2. The van der Waals surface area contributed by atoms with Crippen molar-refractivity contribution >= 4 is 43.9 Å². The van der Waals surface area contributed by atoms with Gasteiger partial charge >= 0.3 is 0 Å². The SMILES string of the molecule is CCCCCOc1cc2c3cc(OCCCCC)c(OCCCCC)cc3c3c(NC(C)=O)c(OC)c(OCCCCC)cc3c2cc1OC. The molecule has 0 aliphatic rings. The van der Waals surface area contributed by atoms with E-state index in [1.54, 1.807) is 14.2 Å². The largest absolute Gasteiger partial charge is 0.493 e. The summed E-state index contributed by atoms with van der Waals surface area (Å²) in [6.45, 7) is 12.6. The van der Waals surface area contributed by atoms with Crippen molar-refractivity contribution in [1.29, 1.82) is 0 Å². The van der Waals surface area contributed by atoms with Crippen molar-refractivity contribution in [3.05, 3.63) is 30.3 Å². The maximum absolute atomic E-state index is 12.8. The summed E-state index contributed by atoms with van der Waals surface area (Å²) in [5.41, 5.74) is 0.558. The lowest BCUT2D eigenvalue weighted by molar-refractivity contribution is -0.114. The highest BCUT2D eigenvalue weighted by atomic mass is 16.5. The number of hydrogen-bond donors (Lipinski definition) is 1. The zero-order valence-electron chi connectivity index (χ0n) is 31.6. The zero-order chi connectivity index (χ0) is 35.9. The molecule has 274 valence electrons. The van der Waals surface area contributed by atoms with Crippen LogP contribution in [-0.2, 0) is 4.79 Å². The van der Waals surface area contributed by atoms with Crippen LogP contribution < -0.4 is 33.7 Å². The quantitative estimate of drug-likeness (QED) is 0.0613. The Balaban J connectivity index is 2.10. The molecular weight excluding hydrogens is 630 g/mol. The highest BCUT2D eigenvalue weighted by molar-refractivity contribution is 6.30. The van der Waals surface area contributed by atoms with Gasteiger partial charge in [0.2, 0.25) is 5.91 Å². The Morgan fingerprint density at radius 3 is 1.26 bits per heavy atom. The van der Waals surface area contributed by atoms with Crippen LogP contribution in [0, 0.1) is 0 Å². The molecule has 0 saturated heterocycles. The summed E-state index contributed by atoms with van der Waals surface area (Å²) in [5, 5.41) is 8.61. The maximum atomic E-state index is 12.8. The number of ether oxygens (including phenoxy) is 6. The first-order valence-electron chi connectivity index (χ1n) is 18.9. The average molecular weight is 690 g/mol. The smallest absolute Gasteiger partial charge is 0.221 e. The Labute approximate surface area is 299 Å². The molecule has 0 radical (unpaired) electrons. The fourth-order valence-corrected chi connectivity index (χ4v) is 6.37. The second kappa shape index (κ2) is 19.9. The Morgan fingerprint density at radius 2 is 0.860 bits per heavy atom. The van der Waals surface area contributed by atoms with Gasteiger partial charge in [0.05, 0.1) is 46.3 Å². The highest BCUT2D eigenvalue weighted by Gasteiger charge is 2.24. The van der Waals surface area contributed by atoms with E-state index in [2.05, 4.69) is 51.2 Å². The molecule has 0 saturated carbocycles. The van der Waals surface area contributed by atoms with Gasteiger partial charge in [-0.1, -0.05) is 79.1 Å². The Kier molecular flexibility index (Phi) is 15.5. The summed E-state index contributed by atoms with van der Waals surface area (Å²) >= 11 is 0. The lowest BCUT2D eigenvalue weighted by Crippen LogP contribution is -2.10. The third-order valence-electron chi connectivity index (χ3n) is 9.01. The first-order valence-corrected chi connectivity index (χ1v) is 18.9. The third-order valence-corrected chi connectivity index (χ3v) is 9.01. The number of rotatable bonds is 23. The van der Waals surface area contributed by atoms with Crippen molar-refractivity contribution in [3.63, 3.8) is 0 Å². The predicted molar refractivity (Wildman–Crippen MR) is 206 cm³/mol. The van der Waals surface area contributed by atoms with Crippen LogP contribution in [0.5, 0.6) is 34.5 Å². The number of fused-ring (bicyclic) bond motifs is 6.